The Morgan fingerprint density at radius 2 is 2.25 bits per heavy atom. The topological polar surface area (TPSA) is 61.7 Å². The van der Waals surface area contributed by atoms with Crippen molar-refractivity contribution >= 4 is 0 Å². The van der Waals surface area contributed by atoms with Gasteiger partial charge in [0.1, 0.15) is 0 Å². The predicted octanol–water partition coefficient (Wildman–Crippen LogP) is 0.801. The Bertz CT molecular complexity index is 333. The van der Waals surface area contributed by atoms with Crippen LogP contribution in [0.3, 0.4) is 0 Å². The number of aromatic hydroxyl groups is 1. The van der Waals surface area contributed by atoms with Gasteiger partial charge in [-0.1, -0.05) is 6.07 Å². The minimum atomic E-state index is -0.690. The minimum Gasteiger partial charge on any atom is -0.505 e. The first-order valence-corrected chi connectivity index (χ1v) is 5.00. The van der Waals surface area contributed by atoms with Gasteiger partial charge in [-0.25, -0.2) is 4.39 Å². The summed E-state index contributed by atoms with van der Waals surface area (Å²) in [5.41, 5.74) is 0.592. The Labute approximate surface area is 93.7 Å². The Morgan fingerprint density at radius 3 is 2.81 bits per heavy atom. The van der Waals surface area contributed by atoms with Crippen LogP contribution in [0.2, 0.25) is 0 Å². The molecule has 0 amide bonds. The van der Waals surface area contributed by atoms with E-state index in [1.165, 1.54) is 12.1 Å². The number of phenolic OH excluding ortho intramolecular Hbond substituents is 1. The van der Waals surface area contributed by atoms with Crippen LogP contribution < -0.4 is 5.32 Å². The molecule has 0 aliphatic rings. The van der Waals surface area contributed by atoms with Crippen molar-refractivity contribution in [3.63, 3.8) is 0 Å². The Morgan fingerprint density at radius 1 is 1.50 bits per heavy atom. The number of nitrogens with one attached hydrogen (secondary N) is 1. The second-order valence-corrected chi connectivity index (χ2v) is 3.39. The van der Waals surface area contributed by atoms with Crippen LogP contribution >= 0.6 is 0 Å². The first-order chi connectivity index (χ1) is 7.69. The molecule has 90 valence electrons. The number of phenols is 1. The lowest BCUT2D eigenvalue weighted by Gasteiger charge is -2.16. The Hall–Kier alpha value is -1.17. The second kappa shape index (κ2) is 6.42. The van der Waals surface area contributed by atoms with Crippen LogP contribution in [0.5, 0.6) is 5.75 Å². The van der Waals surface area contributed by atoms with E-state index in [9.17, 15) is 4.39 Å². The number of aliphatic hydroxyl groups is 1. The number of methoxy groups -OCH3 is 1. The van der Waals surface area contributed by atoms with E-state index in [4.69, 9.17) is 14.9 Å². The lowest BCUT2D eigenvalue weighted by atomic mass is 10.1. The SMILES string of the molecule is COCCNC(CO)c1ccc(O)c(F)c1. The van der Waals surface area contributed by atoms with Crippen molar-refractivity contribution in [2.24, 2.45) is 0 Å². The summed E-state index contributed by atoms with van der Waals surface area (Å²) < 4.78 is 17.9. The van der Waals surface area contributed by atoms with E-state index < -0.39 is 11.6 Å². The number of hydrogen-bond acceptors (Lipinski definition) is 4. The lowest BCUT2D eigenvalue weighted by Crippen LogP contribution is -2.27. The van der Waals surface area contributed by atoms with Crippen molar-refractivity contribution in [1.29, 1.82) is 0 Å². The van der Waals surface area contributed by atoms with Crippen LogP contribution in [0, 0.1) is 5.82 Å². The van der Waals surface area contributed by atoms with E-state index >= 15 is 0 Å². The van der Waals surface area contributed by atoms with Gasteiger partial charge in [0, 0.05) is 13.7 Å². The molecule has 3 N–H and O–H groups in total. The van der Waals surface area contributed by atoms with Crippen molar-refractivity contribution in [3.05, 3.63) is 29.6 Å². The summed E-state index contributed by atoms with van der Waals surface area (Å²) in [5, 5.41) is 21.2. The van der Waals surface area contributed by atoms with Gasteiger partial charge in [0.25, 0.3) is 0 Å². The molecule has 1 atom stereocenters. The zero-order valence-electron chi connectivity index (χ0n) is 9.11. The molecule has 5 heteroatoms. The van der Waals surface area contributed by atoms with E-state index in [1.54, 1.807) is 13.2 Å². The summed E-state index contributed by atoms with van der Waals surface area (Å²) in [6.07, 6.45) is 0. The monoisotopic (exact) mass is 229 g/mol. The fourth-order valence-electron chi connectivity index (χ4n) is 1.36. The van der Waals surface area contributed by atoms with Crippen LogP contribution in [-0.4, -0.2) is 37.1 Å². The van der Waals surface area contributed by atoms with Gasteiger partial charge >= 0.3 is 0 Å². The zero-order chi connectivity index (χ0) is 12.0. The van der Waals surface area contributed by atoms with E-state index in [-0.39, 0.29) is 12.6 Å². The molecule has 0 radical (unpaired) electrons. The molecule has 0 saturated heterocycles. The van der Waals surface area contributed by atoms with Crippen molar-refractivity contribution in [3.8, 4) is 5.75 Å². The largest absolute Gasteiger partial charge is 0.505 e. The molecular weight excluding hydrogens is 213 g/mol. The number of ether oxygens (including phenoxy) is 1. The molecule has 0 fully saturated rings. The average molecular weight is 229 g/mol. The Kier molecular flexibility index (Phi) is 5.18. The molecule has 16 heavy (non-hydrogen) atoms. The van der Waals surface area contributed by atoms with Crippen molar-refractivity contribution < 1.29 is 19.3 Å². The predicted molar refractivity (Wildman–Crippen MR) is 57.8 cm³/mol. The highest BCUT2D eigenvalue weighted by atomic mass is 19.1. The third-order valence-electron chi connectivity index (χ3n) is 2.25. The van der Waals surface area contributed by atoms with Gasteiger partial charge in [-0.15, -0.1) is 0 Å². The maximum Gasteiger partial charge on any atom is 0.165 e. The van der Waals surface area contributed by atoms with Crippen LogP contribution in [0.4, 0.5) is 4.39 Å². The first-order valence-electron chi connectivity index (χ1n) is 5.00. The molecule has 4 nitrogen and oxygen atoms in total. The van der Waals surface area contributed by atoms with Gasteiger partial charge in [0.2, 0.25) is 0 Å². The van der Waals surface area contributed by atoms with Crippen molar-refractivity contribution in [2.75, 3.05) is 26.9 Å². The summed E-state index contributed by atoms with van der Waals surface area (Å²) in [6.45, 7) is 0.926. The molecule has 0 heterocycles. The van der Waals surface area contributed by atoms with Crippen molar-refractivity contribution in [2.45, 2.75) is 6.04 Å². The van der Waals surface area contributed by atoms with Gasteiger partial charge in [-0.2, -0.15) is 0 Å². The standard InChI is InChI=1S/C11H16FNO3/c1-16-5-4-13-10(7-14)8-2-3-11(15)9(12)6-8/h2-3,6,10,13-15H,4-5,7H2,1H3. The first kappa shape index (κ1) is 12.9. The molecule has 0 aromatic heterocycles. The smallest absolute Gasteiger partial charge is 0.165 e. The molecule has 1 unspecified atom stereocenters. The highest BCUT2D eigenvalue weighted by molar-refractivity contribution is 5.29. The molecule has 1 aromatic carbocycles. The molecule has 0 saturated carbocycles. The molecule has 0 aliphatic carbocycles. The summed E-state index contributed by atoms with van der Waals surface area (Å²) in [6, 6.07) is 3.69. The van der Waals surface area contributed by atoms with E-state index in [1.807, 2.05) is 0 Å². The maximum atomic E-state index is 13.1. The third-order valence-corrected chi connectivity index (χ3v) is 2.25. The van der Waals surface area contributed by atoms with Crippen molar-refractivity contribution in [1.82, 2.24) is 5.32 Å². The summed E-state index contributed by atoms with van der Waals surface area (Å²) in [7, 11) is 1.58. The molecule has 1 rings (SSSR count). The third kappa shape index (κ3) is 3.44. The number of halogens is 1. The zero-order valence-corrected chi connectivity index (χ0v) is 9.11. The number of rotatable bonds is 6. The van der Waals surface area contributed by atoms with Crippen LogP contribution in [0.15, 0.2) is 18.2 Å². The van der Waals surface area contributed by atoms with Gasteiger partial charge in [0.05, 0.1) is 19.3 Å². The van der Waals surface area contributed by atoms with Crippen LogP contribution in [0.1, 0.15) is 11.6 Å². The highest BCUT2D eigenvalue weighted by Gasteiger charge is 2.11. The molecule has 0 aliphatic heterocycles. The summed E-state index contributed by atoms with van der Waals surface area (Å²) in [5.74, 6) is -1.08. The van der Waals surface area contributed by atoms with Gasteiger partial charge in [-0.05, 0) is 17.7 Å². The summed E-state index contributed by atoms with van der Waals surface area (Å²) in [4.78, 5) is 0. The molecule has 0 spiro atoms. The van der Waals surface area contributed by atoms with Gasteiger partial charge < -0.3 is 20.3 Å². The highest BCUT2D eigenvalue weighted by Crippen LogP contribution is 2.20. The lowest BCUT2D eigenvalue weighted by molar-refractivity contribution is 0.184. The van der Waals surface area contributed by atoms with Crippen LogP contribution in [0.25, 0.3) is 0 Å². The summed E-state index contributed by atoms with van der Waals surface area (Å²) >= 11 is 0. The molecule has 1 aromatic rings. The maximum absolute atomic E-state index is 13.1. The van der Waals surface area contributed by atoms with E-state index in [0.717, 1.165) is 0 Å². The number of benzene rings is 1. The fourth-order valence-corrected chi connectivity index (χ4v) is 1.36. The fraction of sp³-hybridized carbons (Fsp3) is 0.455. The molecular formula is C11H16FNO3. The van der Waals surface area contributed by atoms with E-state index in [2.05, 4.69) is 5.32 Å². The average Bonchev–Trinajstić information content (AvgIpc) is 2.29. The Balaban J connectivity index is 2.67. The van der Waals surface area contributed by atoms with Gasteiger partial charge in [-0.3, -0.25) is 0 Å². The minimum absolute atomic E-state index is 0.145. The van der Waals surface area contributed by atoms with Gasteiger partial charge in [0.15, 0.2) is 11.6 Å². The quantitative estimate of drug-likeness (QED) is 0.631. The normalized spacial score (nSPS) is 12.7. The molecule has 0 bridgehead atoms. The second-order valence-electron chi connectivity index (χ2n) is 3.39. The van der Waals surface area contributed by atoms with E-state index in [0.29, 0.717) is 18.7 Å². The number of hydrogen-bond donors (Lipinski definition) is 3. The van der Waals surface area contributed by atoms with Crippen LogP contribution in [-0.2, 0) is 4.74 Å². The number of aliphatic hydroxyl groups excluding tert-OH is 1.